The molecule has 0 radical (unpaired) electrons. The third-order valence-corrected chi connectivity index (χ3v) is 3.69. The van der Waals surface area contributed by atoms with E-state index in [-0.39, 0.29) is 6.79 Å². The van der Waals surface area contributed by atoms with Crippen molar-refractivity contribution in [3.8, 4) is 17.4 Å². The van der Waals surface area contributed by atoms with Gasteiger partial charge in [0.1, 0.15) is 0 Å². The molecule has 0 unspecified atom stereocenters. The van der Waals surface area contributed by atoms with Gasteiger partial charge in [-0.05, 0) is 30.7 Å². The van der Waals surface area contributed by atoms with Gasteiger partial charge in [-0.25, -0.2) is 9.98 Å². The number of ether oxygens (including phenoxy) is 3. The highest BCUT2D eigenvalue weighted by atomic mass is 16.7. The minimum atomic E-state index is 0.277. The van der Waals surface area contributed by atoms with E-state index < -0.39 is 0 Å². The first-order valence-corrected chi connectivity index (χ1v) is 8.18. The van der Waals surface area contributed by atoms with Crippen LogP contribution in [0.3, 0.4) is 0 Å². The molecule has 0 atom stereocenters. The molecule has 1 aromatic carbocycles. The number of benzene rings is 1. The molecule has 0 fully saturated rings. The fourth-order valence-electron chi connectivity index (χ4n) is 2.47. The highest BCUT2D eigenvalue weighted by molar-refractivity contribution is 5.79. The summed E-state index contributed by atoms with van der Waals surface area (Å²) in [6.07, 6.45) is 1.71. The van der Waals surface area contributed by atoms with Gasteiger partial charge in [-0.1, -0.05) is 12.1 Å². The van der Waals surface area contributed by atoms with E-state index in [0.29, 0.717) is 19.0 Å². The van der Waals surface area contributed by atoms with Gasteiger partial charge in [0.15, 0.2) is 17.5 Å². The molecule has 1 aliphatic rings. The van der Waals surface area contributed by atoms with Crippen LogP contribution in [0.5, 0.6) is 17.4 Å². The summed E-state index contributed by atoms with van der Waals surface area (Å²) < 4.78 is 16.0. The number of rotatable bonds is 6. The summed E-state index contributed by atoms with van der Waals surface area (Å²) in [5.74, 6) is 2.89. The SMILES string of the molecule is CCNC(=NCc1ccc2c(c1)OCO2)NCc1cccnc1OC. The zero-order chi connectivity index (χ0) is 17.5. The maximum Gasteiger partial charge on any atom is 0.231 e. The lowest BCUT2D eigenvalue weighted by atomic mass is 10.2. The standard InChI is InChI=1S/C18H22N4O3/c1-3-19-18(22-11-14-5-4-8-20-17(14)23-2)21-10-13-6-7-15-16(9-13)25-12-24-15/h4-9H,3,10-12H2,1-2H3,(H2,19,21,22). The summed E-state index contributed by atoms with van der Waals surface area (Å²) in [6.45, 7) is 4.19. The van der Waals surface area contributed by atoms with Gasteiger partial charge in [0, 0.05) is 24.8 Å². The summed E-state index contributed by atoms with van der Waals surface area (Å²) in [5.41, 5.74) is 2.03. The summed E-state index contributed by atoms with van der Waals surface area (Å²) in [7, 11) is 1.62. The van der Waals surface area contributed by atoms with Gasteiger partial charge in [0.25, 0.3) is 0 Å². The van der Waals surface area contributed by atoms with Gasteiger partial charge in [-0.15, -0.1) is 0 Å². The second kappa shape index (κ2) is 8.23. The first-order valence-electron chi connectivity index (χ1n) is 8.18. The van der Waals surface area contributed by atoms with Gasteiger partial charge in [0.05, 0.1) is 13.7 Å². The Balaban J connectivity index is 1.65. The minimum Gasteiger partial charge on any atom is -0.481 e. The maximum atomic E-state index is 5.40. The molecule has 7 heteroatoms. The molecule has 2 aromatic rings. The maximum absolute atomic E-state index is 5.40. The zero-order valence-electron chi connectivity index (χ0n) is 14.4. The largest absolute Gasteiger partial charge is 0.481 e. The van der Waals surface area contributed by atoms with E-state index in [4.69, 9.17) is 14.2 Å². The third kappa shape index (κ3) is 4.32. The van der Waals surface area contributed by atoms with Crippen LogP contribution in [0.15, 0.2) is 41.5 Å². The first kappa shape index (κ1) is 16.9. The molecule has 0 spiro atoms. The molecule has 0 bridgehead atoms. The molecule has 3 rings (SSSR count). The number of fused-ring (bicyclic) bond motifs is 1. The van der Waals surface area contributed by atoms with Crippen LogP contribution >= 0.6 is 0 Å². The van der Waals surface area contributed by atoms with Gasteiger partial charge >= 0.3 is 0 Å². The molecule has 2 heterocycles. The Labute approximate surface area is 147 Å². The number of pyridine rings is 1. The van der Waals surface area contributed by atoms with Crippen LogP contribution in [0.2, 0.25) is 0 Å². The predicted octanol–water partition coefficient (Wildman–Crippen LogP) is 2.07. The van der Waals surface area contributed by atoms with E-state index in [0.717, 1.165) is 35.1 Å². The lowest BCUT2D eigenvalue weighted by Gasteiger charge is -2.13. The Kier molecular flexibility index (Phi) is 5.56. The van der Waals surface area contributed by atoms with Crippen molar-refractivity contribution >= 4 is 5.96 Å². The minimum absolute atomic E-state index is 0.277. The van der Waals surface area contributed by atoms with Crippen LogP contribution < -0.4 is 24.8 Å². The summed E-state index contributed by atoms with van der Waals surface area (Å²) in [6, 6.07) is 9.72. The Bertz CT molecular complexity index is 749. The second-order valence-electron chi connectivity index (χ2n) is 5.41. The molecule has 0 saturated heterocycles. The highest BCUT2D eigenvalue weighted by Crippen LogP contribution is 2.32. The van der Waals surface area contributed by atoms with E-state index in [1.807, 2.05) is 37.3 Å². The summed E-state index contributed by atoms with van der Waals surface area (Å²) in [4.78, 5) is 8.82. The van der Waals surface area contributed by atoms with Crippen molar-refractivity contribution in [1.29, 1.82) is 0 Å². The number of guanidine groups is 1. The van der Waals surface area contributed by atoms with Crippen molar-refractivity contribution in [1.82, 2.24) is 15.6 Å². The van der Waals surface area contributed by atoms with Gasteiger partial charge in [-0.2, -0.15) is 0 Å². The highest BCUT2D eigenvalue weighted by Gasteiger charge is 2.13. The quantitative estimate of drug-likeness (QED) is 0.618. The normalized spacial score (nSPS) is 12.8. The van der Waals surface area contributed by atoms with Crippen LogP contribution in [0.4, 0.5) is 0 Å². The van der Waals surface area contributed by atoms with E-state index in [9.17, 15) is 0 Å². The molecule has 132 valence electrons. The topological polar surface area (TPSA) is 77.0 Å². The number of nitrogens with one attached hydrogen (secondary N) is 2. The monoisotopic (exact) mass is 342 g/mol. The number of hydrogen-bond acceptors (Lipinski definition) is 5. The second-order valence-corrected chi connectivity index (χ2v) is 5.41. The van der Waals surface area contributed by atoms with Crippen LogP contribution in [0.25, 0.3) is 0 Å². The molecule has 1 aliphatic heterocycles. The molecule has 7 nitrogen and oxygen atoms in total. The van der Waals surface area contributed by atoms with Crippen LogP contribution in [-0.2, 0) is 13.1 Å². The van der Waals surface area contributed by atoms with Gasteiger partial charge in [-0.3, -0.25) is 0 Å². The fourth-order valence-corrected chi connectivity index (χ4v) is 2.47. The summed E-state index contributed by atoms with van der Waals surface area (Å²) in [5, 5.41) is 6.53. The lowest BCUT2D eigenvalue weighted by molar-refractivity contribution is 0.174. The third-order valence-electron chi connectivity index (χ3n) is 3.69. The molecule has 1 aromatic heterocycles. The van der Waals surface area contributed by atoms with E-state index >= 15 is 0 Å². The molecule has 0 amide bonds. The van der Waals surface area contributed by atoms with E-state index in [1.165, 1.54) is 0 Å². The van der Waals surface area contributed by atoms with Crippen LogP contribution in [0, 0.1) is 0 Å². The van der Waals surface area contributed by atoms with Crippen molar-refractivity contribution in [2.45, 2.75) is 20.0 Å². The number of methoxy groups -OCH3 is 1. The van der Waals surface area contributed by atoms with Gasteiger partial charge in [0.2, 0.25) is 12.7 Å². The molecule has 25 heavy (non-hydrogen) atoms. The molecule has 0 aliphatic carbocycles. The Hall–Kier alpha value is -2.96. The smallest absolute Gasteiger partial charge is 0.231 e. The summed E-state index contributed by atoms with van der Waals surface area (Å²) >= 11 is 0. The average molecular weight is 342 g/mol. The lowest BCUT2D eigenvalue weighted by Crippen LogP contribution is -2.36. The Morgan fingerprint density at radius 1 is 1.24 bits per heavy atom. The number of aliphatic imine (C=N–C) groups is 1. The molecular formula is C18H22N4O3. The van der Waals surface area contributed by atoms with Crippen molar-refractivity contribution in [2.75, 3.05) is 20.4 Å². The first-order chi connectivity index (χ1) is 12.3. The molecule has 0 saturated carbocycles. The predicted molar refractivity (Wildman–Crippen MR) is 95.0 cm³/mol. The van der Waals surface area contributed by atoms with Crippen molar-refractivity contribution in [3.63, 3.8) is 0 Å². The fraction of sp³-hybridized carbons (Fsp3) is 0.333. The Morgan fingerprint density at radius 2 is 2.12 bits per heavy atom. The number of nitrogens with zero attached hydrogens (tertiary/aromatic N) is 2. The van der Waals surface area contributed by atoms with Gasteiger partial charge < -0.3 is 24.8 Å². The molecular weight excluding hydrogens is 320 g/mol. The van der Waals surface area contributed by atoms with Crippen molar-refractivity contribution < 1.29 is 14.2 Å². The van der Waals surface area contributed by atoms with Crippen molar-refractivity contribution in [2.24, 2.45) is 4.99 Å². The Morgan fingerprint density at radius 3 is 2.96 bits per heavy atom. The number of aromatic nitrogens is 1. The van der Waals surface area contributed by atoms with Crippen LogP contribution in [0.1, 0.15) is 18.1 Å². The zero-order valence-corrected chi connectivity index (χ0v) is 14.4. The van der Waals surface area contributed by atoms with E-state index in [1.54, 1.807) is 13.3 Å². The van der Waals surface area contributed by atoms with Crippen LogP contribution in [-0.4, -0.2) is 31.4 Å². The average Bonchev–Trinajstić information content (AvgIpc) is 3.12. The number of hydrogen-bond donors (Lipinski definition) is 2. The molecule has 2 N–H and O–H groups in total. The van der Waals surface area contributed by atoms with E-state index in [2.05, 4.69) is 20.6 Å². The van der Waals surface area contributed by atoms with Crippen molar-refractivity contribution in [3.05, 3.63) is 47.7 Å².